The smallest absolute Gasteiger partial charge is 0.242 e. The van der Waals surface area contributed by atoms with Crippen LogP contribution in [-0.2, 0) is 22.6 Å². The molecule has 1 aliphatic rings. The summed E-state index contributed by atoms with van der Waals surface area (Å²) in [4.78, 5) is 30.9. The van der Waals surface area contributed by atoms with Crippen LogP contribution in [0, 0.1) is 5.92 Å². The lowest BCUT2D eigenvalue weighted by Gasteiger charge is -2.18. The molecule has 6 nitrogen and oxygen atoms in total. The average Bonchev–Trinajstić information content (AvgIpc) is 3.47. The lowest BCUT2D eigenvalue weighted by Crippen LogP contribution is -2.31. The minimum atomic E-state index is 0.106. The number of imidazole rings is 1. The number of fused-ring (bicyclic) bond motifs is 1. The Morgan fingerprint density at radius 3 is 2.78 bits per heavy atom. The van der Waals surface area contributed by atoms with Crippen molar-refractivity contribution in [3.63, 3.8) is 0 Å². The number of benzene rings is 1. The lowest BCUT2D eigenvalue weighted by molar-refractivity contribution is -0.130. The summed E-state index contributed by atoms with van der Waals surface area (Å²) in [6, 6.07) is 7.94. The summed E-state index contributed by atoms with van der Waals surface area (Å²) in [5, 5.41) is 3.00. The van der Waals surface area contributed by atoms with Crippen LogP contribution in [0.25, 0.3) is 11.0 Å². The van der Waals surface area contributed by atoms with Crippen LogP contribution >= 0.6 is 0 Å². The highest BCUT2D eigenvalue weighted by Gasteiger charge is 2.29. The van der Waals surface area contributed by atoms with Crippen LogP contribution in [0.15, 0.2) is 24.3 Å². The van der Waals surface area contributed by atoms with E-state index in [0.29, 0.717) is 13.1 Å². The second-order valence-corrected chi connectivity index (χ2v) is 7.44. The molecule has 1 aliphatic carbocycles. The van der Waals surface area contributed by atoms with E-state index in [-0.39, 0.29) is 17.7 Å². The van der Waals surface area contributed by atoms with E-state index in [4.69, 9.17) is 4.98 Å². The molecule has 0 bridgehead atoms. The summed E-state index contributed by atoms with van der Waals surface area (Å²) in [5.41, 5.74) is 1.91. The molecule has 0 saturated heterocycles. The Kier molecular flexibility index (Phi) is 6.48. The van der Waals surface area contributed by atoms with Gasteiger partial charge in [0.25, 0.3) is 0 Å². The van der Waals surface area contributed by atoms with E-state index >= 15 is 0 Å². The number of hydrogen-bond acceptors (Lipinski definition) is 3. The molecule has 1 N–H and O–H groups in total. The van der Waals surface area contributed by atoms with E-state index in [1.54, 1.807) is 4.90 Å². The molecule has 0 radical (unpaired) electrons. The zero-order chi connectivity index (χ0) is 19.2. The topological polar surface area (TPSA) is 67.2 Å². The number of amides is 2. The highest BCUT2D eigenvalue weighted by molar-refractivity contribution is 5.81. The maximum atomic E-state index is 12.6. The molecule has 1 saturated carbocycles. The Morgan fingerprint density at radius 1 is 1.26 bits per heavy atom. The van der Waals surface area contributed by atoms with Gasteiger partial charge >= 0.3 is 0 Å². The van der Waals surface area contributed by atoms with Crippen LogP contribution in [0.1, 0.15) is 44.9 Å². The first-order valence-electron chi connectivity index (χ1n) is 10.1. The summed E-state index contributed by atoms with van der Waals surface area (Å²) >= 11 is 0. The first-order valence-corrected chi connectivity index (χ1v) is 10.1. The third-order valence-electron chi connectivity index (χ3n) is 5.12. The number of likely N-dealkylation sites (N-methyl/N-ethyl adjacent to an activating group) is 1. The maximum Gasteiger partial charge on any atom is 0.242 e. The highest BCUT2D eigenvalue weighted by Crippen LogP contribution is 2.28. The SMILES string of the molecule is CCCCN(C)C(=O)Cn1c(CCCNC(=O)C2CC2)nc2ccccc21. The van der Waals surface area contributed by atoms with E-state index in [9.17, 15) is 9.59 Å². The molecule has 0 spiro atoms. The monoisotopic (exact) mass is 370 g/mol. The Bertz CT molecular complexity index is 795. The second kappa shape index (κ2) is 9.02. The van der Waals surface area contributed by atoms with Crippen LogP contribution in [0.3, 0.4) is 0 Å². The standard InChI is InChI=1S/C21H30N4O2/c1-3-4-14-24(2)20(26)15-25-18-9-6-5-8-17(18)23-19(25)10-7-13-22-21(27)16-11-12-16/h5-6,8-9,16H,3-4,7,10-15H2,1-2H3,(H,22,27). The van der Waals surface area contributed by atoms with Gasteiger partial charge in [-0.05, 0) is 37.8 Å². The average molecular weight is 370 g/mol. The van der Waals surface area contributed by atoms with Crippen molar-refractivity contribution in [2.75, 3.05) is 20.1 Å². The van der Waals surface area contributed by atoms with Crippen LogP contribution in [0.5, 0.6) is 0 Å². The van der Waals surface area contributed by atoms with Crippen molar-refractivity contribution >= 4 is 22.8 Å². The number of rotatable bonds is 10. The second-order valence-electron chi connectivity index (χ2n) is 7.44. The van der Waals surface area contributed by atoms with E-state index in [0.717, 1.165) is 61.9 Å². The van der Waals surface area contributed by atoms with Gasteiger partial charge in [0.2, 0.25) is 11.8 Å². The van der Waals surface area contributed by atoms with Crippen molar-refractivity contribution in [3.05, 3.63) is 30.1 Å². The molecular formula is C21H30N4O2. The van der Waals surface area contributed by atoms with Crippen LogP contribution in [0.4, 0.5) is 0 Å². The summed E-state index contributed by atoms with van der Waals surface area (Å²) in [6.07, 6.45) is 5.70. The molecule has 2 amide bonds. The molecule has 0 atom stereocenters. The number of aromatic nitrogens is 2. The van der Waals surface area contributed by atoms with Crippen molar-refractivity contribution < 1.29 is 9.59 Å². The number of nitrogens with zero attached hydrogens (tertiary/aromatic N) is 3. The van der Waals surface area contributed by atoms with Gasteiger partial charge in [0.1, 0.15) is 12.4 Å². The van der Waals surface area contributed by atoms with E-state index in [2.05, 4.69) is 12.2 Å². The molecule has 3 rings (SSSR count). The Balaban J connectivity index is 1.65. The van der Waals surface area contributed by atoms with Crippen LogP contribution in [0.2, 0.25) is 0 Å². The number of carbonyl (C=O) groups is 2. The molecule has 146 valence electrons. The quantitative estimate of drug-likeness (QED) is 0.654. The normalized spacial score (nSPS) is 13.7. The van der Waals surface area contributed by atoms with Gasteiger partial charge < -0.3 is 14.8 Å². The molecule has 1 aromatic carbocycles. The zero-order valence-electron chi connectivity index (χ0n) is 16.4. The van der Waals surface area contributed by atoms with E-state index < -0.39 is 0 Å². The number of nitrogens with one attached hydrogen (secondary N) is 1. The fraction of sp³-hybridized carbons (Fsp3) is 0.571. The van der Waals surface area contributed by atoms with Gasteiger partial charge in [-0.15, -0.1) is 0 Å². The minimum absolute atomic E-state index is 0.106. The van der Waals surface area contributed by atoms with E-state index in [1.807, 2.05) is 35.9 Å². The summed E-state index contributed by atoms with van der Waals surface area (Å²) < 4.78 is 2.03. The zero-order valence-corrected chi connectivity index (χ0v) is 16.4. The molecule has 27 heavy (non-hydrogen) atoms. The fourth-order valence-corrected chi connectivity index (χ4v) is 3.22. The number of unbranched alkanes of at least 4 members (excludes halogenated alkanes) is 1. The molecule has 0 aliphatic heterocycles. The Hall–Kier alpha value is -2.37. The molecule has 2 aromatic rings. The van der Waals surface area contributed by atoms with E-state index in [1.165, 1.54) is 0 Å². The summed E-state index contributed by atoms with van der Waals surface area (Å²) in [5.74, 6) is 1.44. The van der Waals surface area contributed by atoms with Crippen molar-refractivity contribution in [2.45, 2.75) is 52.0 Å². The fourth-order valence-electron chi connectivity index (χ4n) is 3.22. The Morgan fingerprint density at radius 2 is 2.04 bits per heavy atom. The molecule has 1 heterocycles. The molecule has 6 heteroatoms. The van der Waals surface area contributed by atoms with Gasteiger partial charge in [-0.1, -0.05) is 25.5 Å². The van der Waals surface area contributed by atoms with Gasteiger partial charge in [-0.2, -0.15) is 0 Å². The van der Waals surface area contributed by atoms with Crippen molar-refractivity contribution in [2.24, 2.45) is 5.92 Å². The maximum absolute atomic E-state index is 12.6. The molecule has 1 fully saturated rings. The highest BCUT2D eigenvalue weighted by atomic mass is 16.2. The number of carbonyl (C=O) groups excluding carboxylic acids is 2. The molecular weight excluding hydrogens is 340 g/mol. The summed E-state index contributed by atoms with van der Waals surface area (Å²) in [7, 11) is 1.87. The summed E-state index contributed by atoms with van der Waals surface area (Å²) in [6.45, 7) is 3.87. The number of hydrogen-bond donors (Lipinski definition) is 1. The predicted octanol–water partition coefficient (Wildman–Crippen LogP) is 2.75. The number of aryl methyl sites for hydroxylation is 1. The van der Waals surface area contributed by atoms with Gasteiger partial charge in [0, 0.05) is 32.5 Å². The third-order valence-corrected chi connectivity index (χ3v) is 5.12. The van der Waals surface area contributed by atoms with Gasteiger partial charge in [0.05, 0.1) is 11.0 Å². The van der Waals surface area contributed by atoms with Crippen molar-refractivity contribution in [1.29, 1.82) is 0 Å². The Labute approximate surface area is 160 Å². The first-order chi connectivity index (χ1) is 13.1. The van der Waals surface area contributed by atoms with Crippen LogP contribution < -0.4 is 5.32 Å². The van der Waals surface area contributed by atoms with Crippen LogP contribution in [-0.4, -0.2) is 46.4 Å². The third kappa shape index (κ3) is 5.08. The largest absolute Gasteiger partial charge is 0.356 e. The minimum Gasteiger partial charge on any atom is -0.356 e. The van der Waals surface area contributed by atoms with Gasteiger partial charge in [0.15, 0.2) is 0 Å². The first kappa shape index (κ1) is 19.4. The predicted molar refractivity (Wildman–Crippen MR) is 106 cm³/mol. The van der Waals surface area contributed by atoms with Crippen molar-refractivity contribution in [3.8, 4) is 0 Å². The van der Waals surface area contributed by atoms with Crippen molar-refractivity contribution in [1.82, 2.24) is 19.8 Å². The lowest BCUT2D eigenvalue weighted by atomic mass is 10.2. The van der Waals surface area contributed by atoms with Gasteiger partial charge in [-0.3, -0.25) is 9.59 Å². The van der Waals surface area contributed by atoms with Gasteiger partial charge in [-0.25, -0.2) is 4.98 Å². The number of para-hydroxylation sites is 2. The molecule has 0 unspecified atom stereocenters. The molecule has 1 aromatic heterocycles.